The summed E-state index contributed by atoms with van der Waals surface area (Å²) in [5.74, 6) is -1.36. The van der Waals surface area contributed by atoms with Crippen molar-refractivity contribution >= 4 is 12.1 Å². The maximum absolute atomic E-state index is 13.0. The minimum atomic E-state index is -0.749. The largest absolute Gasteiger partial charge is 0.494 e. The van der Waals surface area contributed by atoms with E-state index >= 15 is 0 Å². The van der Waals surface area contributed by atoms with Crippen molar-refractivity contribution in [3.8, 4) is 5.75 Å². The highest BCUT2D eigenvalue weighted by atomic mass is 19.1. The Hall–Kier alpha value is -1.71. The van der Waals surface area contributed by atoms with E-state index in [2.05, 4.69) is 4.74 Å². The van der Waals surface area contributed by atoms with Crippen LogP contribution in [0.1, 0.15) is 10.4 Å². The van der Waals surface area contributed by atoms with Crippen LogP contribution < -0.4 is 4.74 Å². The standard InChI is InChI=1S/C9H7FO3/c1-13-9-3-2-6(4-7(9)10)8(12)5-11/h2-5H,1H3. The van der Waals surface area contributed by atoms with E-state index in [0.717, 1.165) is 6.07 Å². The summed E-state index contributed by atoms with van der Waals surface area (Å²) in [5.41, 5.74) is 0.0216. The molecule has 0 saturated heterocycles. The molecule has 0 heterocycles. The summed E-state index contributed by atoms with van der Waals surface area (Å²) in [6, 6.07) is 3.60. The van der Waals surface area contributed by atoms with Gasteiger partial charge in [0.2, 0.25) is 5.78 Å². The van der Waals surface area contributed by atoms with Crippen molar-refractivity contribution in [3.63, 3.8) is 0 Å². The second-order valence-corrected chi connectivity index (χ2v) is 2.33. The zero-order chi connectivity index (χ0) is 9.84. The zero-order valence-corrected chi connectivity index (χ0v) is 6.91. The topological polar surface area (TPSA) is 43.4 Å². The van der Waals surface area contributed by atoms with Crippen LogP contribution in [0, 0.1) is 5.82 Å². The monoisotopic (exact) mass is 182 g/mol. The van der Waals surface area contributed by atoms with E-state index in [1.165, 1.54) is 19.2 Å². The fourth-order valence-electron chi connectivity index (χ4n) is 0.888. The first-order valence-electron chi connectivity index (χ1n) is 3.52. The molecule has 0 N–H and O–H groups in total. The maximum Gasteiger partial charge on any atom is 0.225 e. The predicted molar refractivity (Wildman–Crippen MR) is 43.3 cm³/mol. The first kappa shape index (κ1) is 9.38. The van der Waals surface area contributed by atoms with Gasteiger partial charge < -0.3 is 4.74 Å². The molecule has 0 unspecified atom stereocenters. The summed E-state index contributed by atoms with van der Waals surface area (Å²) < 4.78 is 17.6. The number of hydrogen-bond acceptors (Lipinski definition) is 3. The third-order valence-corrected chi connectivity index (χ3v) is 1.54. The smallest absolute Gasteiger partial charge is 0.225 e. The van der Waals surface area contributed by atoms with E-state index in [0.29, 0.717) is 0 Å². The van der Waals surface area contributed by atoms with Gasteiger partial charge in [0, 0.05) is 5.56 Å². The molecule has 0 bridgehead atoms. The Balaban J connectivity index is 3.09. The molecule has 1 rings (SSSR count). The lowest BCUT2D eigenvalue weighted by atomic mass is 10.1. The van der Waals surface area contributed by atoms with Gasteiger partial charge >= 0.3 is 0 Å². The summed E-state index contributed by atoms with van der Waals surface area (Å²) in [6.45, 7) is 0. The van der Waals surface area contributed by atoms with Gasteiger partial charge in [-0.3, -0.25) is 9.59 Å². The molecule has 0 radical (unpaired) electrons. The lowest BCUT2D eigenvalue weighted by Gasteiger charge is -2.01. The van der Waals surface area contributed by atoms with Crippen LogP contribution >= 0.6 is 0 Å². The van der Waals surface area contributed by atoms with Crippen LogP contribution in [-0.2, 0) is 4.79 Å². The van der Waals surface area contributed by atoms with Gasteiger partial charge in [0.15, 0.2) is 17.9 Å². The van der Waals surface area contributed by atoms with E-state index in [9.17, 15) is 14.0 Å². The van der Waals surface area contributed by atoms with Crippen molar-refractivity contribution in [2.45, 2.75) is 0 Å². The van der Waals surface area contributed by atoms with Crippen LogP contribution in [-0.4, -0.2) is 19.2 Å². The Bertz CT molecular complexity index is 347. The second kappa shape index (κ2) is 3.80. The number of Topliss-reactive ketones (excluding diaryl/α,β-unsaturated/α-hetero) is 1. The fourth-order valence-corrected chi connectivity index (χ4v) is 0.888. The van der Waals surface area contributed by atoms with Gasteiger partial charge in [-0.15, -0.1) is 0 Å². The number of methoxy groups -OCH3 is 1. The lowest BCUT2D eigenvalue weighted by molar-refractivity contribution is -0.104. The van der Waals surface area contributed by atoms with Crippen LogP contribution in [0.3, 0.4) is 0 Å². The molecule has 0 aliphatic carbocycles. The van der Waals surface area contributed by atoms with Crippen LogP contribution in [0.15, 0.2) is 18.2 Å². The predicted octanol–water partition coefficient (Wildman–Crippen LogP) is 1.22. The van der Waals surface area contributed by atoms with E-state index in [1.54, 1.807) is 0 Å². The lowest BCUT2D eigenvalue weighted by Crippen LogP contribution is -2.00. The molecule has 68 valence electrons. The quantitative estimate of drug-likeness (QED) is 0.401. The third-order valence-electron chi connectivity index (χ3n) is 1.54. The number of halogens is 1. The number of ketones is 1. The number of carbonyl (C=O) groups excluding carboxylic acids is 2. The van der Waals surface area contributed by atoms with Crippen molar-refractivity contribution in [1.29, 1.82) is 0 Å². The number of benzene rings is 1. The van der Waals surface area contributed by atoms with Crippen LogP contribution in [0.2, 0.25) is 0 Å². The van der Waals surface area contributed by atoms with Crippen molar-refractivity contribution in [3.05, 3.63) is 29.6 Å². The molecule has 0 aromatic heterocycles. The van der Waals surface area contributed by atoms with E-state index in [1.807, 2.05) is 0 Å². The first-order chi connectivity index (χ1) is 6.19. The van der Waals surface area contributed by atoms with Gasteiger partial charge in [-0.05, 0) is 18.2 Å². The SMILES string of the molecule is COc1ccc(C(=O)C=O)cc1F. The van der Waals surface area contributed by atoms with Gasteiger partial charge in [0.05, 0.1) is 7.11 Å². The minimum absolute atomic E-state index is 0.0216. The highest BCUT2D eigenvalue weighted by Gasteiger charge is 2.08. The molecule has 0 amide bonds. The second-order valence-electron chi connectivity index (χ2n) is 2.33. The number of rotatable bonds is 3. The van der Waals surface area contributed by atoms with E-state index in [4.69, 9.17) is 0 Å². The van der Waals surface area contributed by atoms with Crippen molar-refractivity contribution in [2.75, 3.05) is 7.11 Å². The Kier molecular flexibility index (Phi) is 2.74. The summed E-state index contributed by atoms with van der Waals surface area (Å²) >= 11 is 0. The molecule has 0 spiro atoms. The highest BCUT2D eigenvalue weighted by molar-refractivity contribution is 6.33. The minimum Gasteiger partial charge on any atom is -0.494 e. The van der Waals surface area contributed by atoms with Crippen molar-refractivity contribution in [1.82, 2.24) is 0 Å². The molecule has 0 aliphatic rings. The van der Waals surface area contributed by atoms with E-state index < -0.39 is 11.6 Å². The Morgan fingerprint density at radius 2 is 2.23 bits per heavy atom. The van der Waals surface area contributed by atoms with Crippen molar-refractivity contribution in [2.24, 2.45) is 0 Å². The molecule has 3 nitrogen and oxygen atoms in total. The molecule has 4 heteroatoms. The molecular formula is C9H7FO3. The number of ether oxygens (including phenoxy) is 1. The van der Waals surface area contributed by atoms with Crippen molar-refractivity contribution < 1.29 is 18.7 Å². The van der Waals surface area contributed by atoms with Crippen LogP contribution in [0.5, 0.6) is 5.75 Å². The van der Waals surface area contributed by atoms with Gasteiger partial charge in [-0.2, -0.15) is 0 Å². The average molecular weight is 182 g/mol. The molecule has 0 fully saturated rings. The molecule has 1 aromatic carbocycles. The highest BCUT2D eigenvalue weighted by Crippen LogP contribution is 2.17. The molecular weight excluding hydrogens is 175 g/mol. The van der Waals surface area contributed by atoms with Crippen LogP contribution in [0.25, 0.3) is 0 Å². The molecule has 0 aliphatic heterocycles. The average Bonchev–Trinajstić information content (AvgIpc) is 2.16. The molecule has 1 aromatic rings. The Morgan fingerprint density at radius 3 is 2.69 bits per heavy atom. The van der Waals surface area contributed by atoms with Gasteiger partial charge in [-0.25, -0.2) is 4.39 Å². The summed E-state index contributed by atoms with van der Waals surface area (Å²) in [6.07, 6.45) is 0.140. The zero-order valence-electron chi connectivity index (χ0n) is 6.91. The molecule has 0 atom stereocenters. The van der Waals surface area contributed by atoms with Crippen LogP contribution in [0.4, 0.5) is 4.39 Å². The maximum atomic E-state index is 13.0. The molecule has 0 saturated carbocycles. The van der Waals surface area contributed by atoms with Gasteiger partial charge in [0.1, 0.15) is 0 Å². The number of aldehydes is 1. The molecule has 13 heavy (non-hydrogen) atoms. The van der Waals surface area contributed by atoms with Gasteiger partial charge in [0.25, 0.3) is 0 Å². The normalized spacial score (nSPS) is 9.38. The Labute approximate surface area is 74.1 Å². The number of carbonyl (C=O) groups is 2. The van der Waals surface area contributed by atoms with Gasteiger partial charge in [-0.1, -0.05) is 0 Å². The summed E-state index contributed by atoms with van der Waals surface area (Å²) in [7, 11) is 1.32. The summed E-state index contributed by atoms with van der Waals surface area (Å²) in [4.78, 5) is 20.9. The third kappa shape index (κ3) is 1.90. The number of hydrogen-bond donors (Lipinski definition) is 0. The summed E-state index contributed by atoms with van der Waals surface area (Å²) in [5, 5.41) is 0. The fraction of sp³-hybridized carbons (Fsp3) is 0.111. The Morgan fingerprint density at radius 1 is 1.54 bits per heavy atom. The first-order valence-corrected chi connectivity index (χ1v) is 3.52. The van der Waals surface area contributed by atoms with E-state index in [-0.39, 0.29) is 17.6 Å².